The molecule has 0 fully saturated rings. The number of nitrogens with one attached hydrogen (secondary N) is 2. The molecule has 0 spiro atoms. The second-order valence-corrected chi connectivity index (χ2v) is 7.13. The van der Waals surface area contributed by atoms with Gasteiger partial charge in [-0.25, -0.2) is 0 Å². The summed E-state index contributed by atoms with van der Waals surface area (Å²) in [6.07, 6.45) is 2.48. The minimum Gasteiger partial charge on any atom is -0.497 e. The molecular formula is C22H24N2O3. The molecule has 1 atom stereocenters. The molecule has 0 saturated heterocycles. The van der Waals surface area contributed by atoms with Gasteiger partial charge in [0.2, 0.25) is 5.91 Å². The van der Waals surface area contributed by atoms with Crippen LogP contribution in [0, 0.1) is 12.8 Å². The van der Waals surface area contributed by atoms with Crippen molar-refractivity contribution in [2.45, 2.75) is 26.2 Å². The summed E-state index contributed by atoms with van der Waals surface area (Å²) in [5.74, 6) is 1.28. The third-order valence-corrected chi connectivity index (χ3v) is 5.38. The number of ether oxygens (including phenoxy) is 2. The van der Waals surface area contributed by atoms with Crippen molar-refractivity contribution in [2.75, 3.05) is 19.5 Å². The van der Waals surface area contributed by atoms with Gasteiger partial charge in [-0.05, 0) is 56.0 Å². The highest BCUT2D eigenvalue weighted by Crippen LogP contribution is 2.34. The summed E-state index contributed by atoms with van der Waals surface area (Å²) in [6, 6.07) is 11.9. The van der Waals surface area contributed by atoms with Gasteiger partial charge in [0.25, 0.3) is 0 Å². The van der Waals surface area contributed by atoms with Crippen LogP contribution in [-0.2, 0) is 17.6 Å². The lowest BCUT2D eigenvalue weighted by Gasteiger charge is -2.22. The zero-order chi connectivity index (χ0) is 19.0. The van der Waals surface area contributed by atoms with Gasteiger partial charge in [-0.3, -0.25) is 4.79 Å². The Morgan fingerprint density at radius 2 is 2.00 bits per heavy atom. The quantitative estimate of drug-likeness (QED) is 0.728. The molecule has 1 aliphatic carbocycles. The Hall–Kier alpha value is -2.95. The number of amides is 1. The first-order chi connectivity index (χ1) is 13.1. The standard InChI is InChI=1S/C22H24N2O3/c1-13-4-7-18-16(10-13)17-11-14(5-8-19(17)23-18)22(25)24-20-9-6-15(26-2)12-21(20)27-3/h4,6-7,9-10,12,14,23H,5,8,11H2,1-3H3,(H,24,25). The summed E-state index contributed by atoms with van der Waals surface area (Å²) in [7, 11) is 3.20. The monoisotopic (exact) mass is 364 g/mol. The highest BCUT2D eigenvalue weighted by atomic mass is 16.5. The van der Waals surface area contributed by atoms with Gasteiger partial charge in [0.15, 0.2) is 0 Å². The van der Waals surface area contributed by atoms with Crippen LogP contribution in [-0.4, -0.2) is 25.1 Å². The van der Waals surface area contributed by atoms with Crippen LogP contribution in [0.15, 0.2) is 36.4 Å². The molecule has 27 heavy (non-hydrogen) atoms. The highest BCUT2D eigenvalue weighted by molar-refractivity contribution is 5.95. The normalized spacial score (nSPS) is 16.0. The van der Waals surface area contributed by atoms with Gasteiger partial charge in [-0.15, -0.1) is 0 Å². The molecule has 3 aromatic rings. The van der Waals surface area contributed by atoms with E-state index in [1.807, 2.05) is 12.1 Å². The third kappa shape index (κ3) is 3.25. The van der Waals surface area contributed by atoms with E-state index in [0.29, 0.717) is 17.2 Å². The van der Waals surface area contributed by atoms with E-state index in [2.05, 4.69) is 35.4 Å². The summed E-state index contributed by atoms with van der Waals surface area (Å²) >= 11 is 0. The van der Waals surface area contributed by atoms with Crippen LogP contribution in [0.3, 0.4) is 0 Å². The van der Waals surface area contributed by atoms with Crippen LogP contribution in [0.25, 0.3) is 10.9 Å². The Balaban J connectivity index is 1.56. The van der Waals surface area contributed by atoms with Crippen molar-refractivity contribution in [3.05, 3.63) is 53.2 Å². The van der Waals surface area contributed by atoms with Crippen LogP contribution in [0.5, 0.6) is 11.5 Å². The Kier molecular flexibility index (Phi) is 4.52. The van der Waals surface area contributed by atoms with Crippen LogP contribution < -0.4 is 14.8 Å². The summed E-state index contributed by atoms with van der Waals surface area (Å²) in [4.78, 5) is 16.4. The second kappa shape index (κ2) is 6.99. The number of carbonyl (C=O) groups excluding carboxylic acids is 1. The van der Waals surface area contributed by atoms with Gasteiger partial charge < -0.3 is 19.8 Å². The maximum atomic E-state index is 12.9. The minimum absolute atomic E-state index is 0.0334. The first-order valence-corrected chi connectivity index (χ1v) is 9.22. The van der Waals surface area contributed by atoms with Crippen LogP contribution in [0.4, 0.5) is 5.69 Å². The number of H-pyrrole nitrogens is 1. The molecule has 0 saturated carbocycles. The van der Waals surface area contributed by atoms with Gasteiger partial charge in [-0.2, -0.15) is 0 Å². The van der Waals surface area contributed by atoms with Gasteiger partial charge in [-0.1, -0.05) is 11.6 Å². The van der Waals surface area contributed by atoms with E-state index in [9.17, 15) is 4.79 Å². The molecule has 1 aromatic heterocycles. The molecular weight excluding hydrogens is 340 g/mol. The smallest absolute Gasteiger partial charge is 0.227 e. The number of benzene rings is 2. The number of methoxy groups -OCH3 is 2. The molecule has 5 heteroatoms. The van der Waals surface area contributed by atoms with E-state index < -0.39 is 0 Å². The van der Waals surface area contributed by atoms with Crippen molar-refractivity contribution in [3.63, 3.8) is 0 Å². The number of hydrogen-bond donors (Lipinski definition) is 2. The molecule has 4 rings (SSSR count). The number of hydrogen-bond acceptors (Lipinski definition) is 3. The largest absolute Gasteiger partial charge is 0.497 e. The fraction of sp³-hybridized carbons (Fsp3) is 0.318. The molecule has 1 unspecified atom stereocenters. The Bertz CT molecular complexity index is 1010. The van der Waals surface area contributed by atoms with Gasteiger partial charge >= 0.3 is 0 Å². The van der Waals surface area contributed by atoms with Crippen molar-refractivity contribution >= 4 is 22.5 Å². The molecule has 0 bridgehead atoms. The van der Waals surface area contributed by atoms with Gasteiger partial charge in [0, 0.05) is 28.6 Å². The van der Waals surface area contributed by atoms with Crippen LogP contribution in [0.2, 0.25) is 0 Å². The molecule has 1 heterocycles. The third-order valence-electron chi connectivity index (χ3n) is 5.38. The Morgan fingerprint density at radius 3 is 2.78 bits per heavy atom. The van der Waals surface area contributed by atoms with E-state index in [1.54, 1.807) is 20.3 Å². The lowest BCUT2D eigenvalue weighted by atomic mass is 9.85. The van der Waals surface area contributed by atoms with E-state index in [4.69, 9.17) is 9.47 Å². The minimum atomic E-state index is -0.0520. The molecule has 0 aliphatic heterocycles. The van der Waals surface area contributed by atoms with E-state index >= 15 is 0 Å². The molecule has 1 aliphatic rings. The van der Waals surface area contributed by atoms with Crippen LogP contribution in [0.1, 0.15) is 23.2 Å². The zero-order valence-electron chi connectivity index (χ0n) is 15.9. The number of aromatic amines is 1. The maximum Gasteiger partial charge on any atom is 0.227 e. The molecule has 5 nitrogen and oxygen atoms in total. The second-order valence-electron chi connectivity index (χ2n) is 7.13. The predicted octanol–water partition coefficient (Wildman–Crippen LogP) is 4.24. The summed E-state index contributed by atoms with van der Waals surface area (Å²) in [5.41, 5.74) is 5.61. The number of carbonyl (C=O) groups is 1. The number of aryl methyl sites for hydroxylation is 2. The van der Waals surface area contributed by atoms with Gasteiger partial charge in [0.05, 0.1) is 19.9 Å². The Morgan fingerprint density at radius 1 is 1.15 bits per heavy atom. The van der Waals surface area contributed by atoms with E-state index in [0.717, 1.165) is 24.8 Å². The number of aromatic nitrogens is 1. The first-order valence-electron chi connectivity index (χ1n) is 9.22. The average Bonchev–Trinajstić information content (AvgIpc) is 3.05. The van der Waals surface area contributed by atoms with Gasteiger partial charge in [0.1, 0.15) is 11.5 Å². The topological polar surface area (TPSA) is 63.3 Å². The van der Waals surface area contributed by atoms with Crippen molar-refractivity contribution < 1.29 is 14.3 Å². The Labute approximate surface area is 158 Å². The number of anilines is 1. The fourth-order valence-corrected chi connectivity index (χ4v) is 3.89. The first kappa shape index (κ1) is 17.5. The predicted molar refractivity (Wildman–Crippen MR) is 107 cm³/mol. The van der Waals surface area contributed by atoms with Crippen LogP contribution >= 0.6 is 0 Å². The molecule has 2 aromatic carbocycles. The average molecular weight is 364 g/mol. The van der Waals surface area contributed by atoms with Crippen molar-refractivity contribution in [1.82, 2.24) is 4.98 Å². The zero-order valence-corrected chi connectivity index (χ0v) is 15.9. The van der Waals surface area contributed by atoms with Crippen molar-refractivity contribution in [2.24, 2.45) is 5.92 Å². The number of rotatable bonds is 4. The van der Waals surface area contributed by atoms with E-state index in [1.165, 1.54) is 22.2 Å². The molecule has 2 N–H and O–H groups in total. The molecule has 0 radical (unpaired) electrons. The molecule has 1 amide bonds. The maximum absolute atomic E-state index is 12.9. The fourth-order valence-electron chi connectivity index (χ4n) is 3.89. The lowest BCUT2D eigenvalue weighted by Crippen LogP contribution is -2.28. The lowest BCUT2D eigenvalue weighted by molar-refractivity contribution is -0.120. The van der Waals surface area contributed by atoms with E-state index in [-0.39, 0.29) is 11.8 Å². The summed E-state index contributed by atoms with van der Waals surface area (Å²) in [6.45, 7) is 2.10. The SMILES string of the molecule is COc1ccc(NC(=O)C2CCc3[nH]c4ccc(C)cc4c3C2)c(OC)c1. The molecule has 140 valence electrons. The van der Waals surface area contributed by atoms with Crippen molar-refractivity contribution in [3.8, 4) is 11.5 Å². The highest BCUT2D eigenvalue weighted by Gasteiger charge is 2.28. The summed E-state index contributed by atoms with van der Waals surface area (Å²) < 4.78 is 10.6. The summed E-state index contributed by atoms with van der Waals surface area (Å²) in [5, 5.41) is 4.28. The number of fused-ring (bicyclic) bond motifs is 3. The van der Waals surface area contributed by atoms with Crippen molar-refractivity contribution in [1.29, 1.82) is 0 Å².